The maximum Gasteiger partial charge on any atom is 0.263 e. The highest BCUT2D eigenvalue weighted by molar-refractivity contribution is 7.29. The van der Waals surface area contributed by atoms with Gasteiger partial charge in [-0.1, -0.05) is 6.07 Å². The number of nitrogens with zero attached hydrogens (tertiary/aromatic N) is 3. The molecule has 5 N–H and O–H groups in total. The number of hydrogen-bond donors (Lipinski definition) is 3. The third kappa shape index (κ3) is 3.77. The molecule has 8 nitrogen and oxygen atoms in total. The van der Waals surface area contributed by atoms with Crippen molar-refractivity contribution in [3.05, 3.63) is 33.3 Å². The van der Waals surface area contributed by atoms with Crippen molar-refractivity contribution < 1.29 is 9.53 Å². The highest BCUT2D eigenvalue weighted by Crippen LogP contribution is 2.40. The number of carbonyl (C=O) groups excluding carboxylic acids is 1. The molecule has 6 rings (SSSR count). The van der Waals surface area contributed by atoms with Crippen LogP contribution in [-0.4, -0.2) is 54.3 Å². The lowest BCUT2D eigenvalue weighted by atomic mass is 9.79. The van der Waals surface area contributed by atoms with Crippen LogP contribution in [0.3, 0.4) is 0 Å². The number of nitrogens with one attached hydrogen (secondary N) is 1. The van der Waals surface area contributed by atoms with Gasteiger partial charge in [0.25, 0.3) is 5.91 Å². The van der Waals surface area contributed by atoms with Gasteiger partial charge in [-0.25, -0.2) is 9.97 Å². The van der Waals surface area contributed by atoms with E-state index in [-0.39, 0.29) is 23.4 Å². The van der Waals surface area contributed by atoms with Gasteiger partial charge in [0.15, 0.2) is 0 Å². The van der Waals surface area contributed by atoms with Crippen molar-refractivity contribution in [2.45, 2.75) is 51.1 Å². The molecule has 10 heteroatoms. The second kappa shape index (κ2) is 8.44. The molecule has 1 amide bonds. The number of thiophene rings is 1. The lowest BCUT2D eigenvalue weighted by Crippen LogP contribution is -2.46. The summed E-state index contributed by atoms with van der Waals surface area (Å²) < 4.78 is 6.70. The van der Waals surface area contributed by atoms with Crippen LogP contribution in [0.5, 0.6) is 0 Å². The standard InChI is InChI=1S/C24H30N6O2S2/c1-13-27-23-21(33-13)19(26)20(34-23)22(31)28-15-4-5-16-14(9-15)3-6-18(29-16)30-10-17(25)24(11-30)7-2-8-32-12-24/h3,6,15,17H,2,4-5,7-12,25-26H2,1H3,(H,28,31). The van der Waals surface area contributed by atoms with Crippen LogP contribution in [0.2, 0.25) is 0 Å². The predicted molar refractivity (Wildman–Crippen MR) is 137 cm³/mol. The van der Waals surface area contributed by atoms with Gasteiger partial charge in [-0.15, -0.1) is 22.7 Å². The minimum absolute atomic E-state index is 0.0531. The summed E-state index contributed by atoms with van der Waals surface area (Å²) in [6.45, 7) is 5.28. The van der Waals surface area contributed by atoms with Crippen LogP contribution >= 0.6 is 22.7 Å². The number of amides is 1. The van der Waals surface area contributed by atoms with Crippen molar-refractivity contribution in [2.75, 3.05) is 36.9 Å². The molecule has 0 radical (unpaired) electrons. The van der Waals surface area contributed by atoms with Crippen LogP contribution in [0.4, 0.5) is 11.5 Å². The molecule has 3 aromatic heterocycles. The van der Waals surface area contributed by atoms with Crippen LogP contribution in [0.15, 0.2) is 12.1 Å². The van der Waals surface area contributed by atoms with Crippen LogP contribution in [-0.2, 0) is 17.6 Å². The summed E-state index contributed by atoms with van der Waals surface area (Å²) in [5.41, 5.74) is 15.8. The van der Waals surface area contributed by atoms with Crippen molar-refractivity contribution in [1.82, 2.24) is 15.3 Å². The van der Waals surface area contributed by atoms with Gasteiger partial charge in [0.1, 0.15) is 15.5 Å². The maximum absolute atomic E-state index is 13.0. The third-order valence-electron chi connectivity index (χ3n) is 7.57. The first kappa shape index (κ1) is 22.2. The highest BCUT2D eigenvalue weighted by atomic mass is 32.1. The summed E-state index contributed by atoms with van der Waals surface area (Å²) >= 11 is 2.92. The Morgan fingerprint density at radius 2 is 2.21 bits per heavy atom. The van der Waals surface area contributed by atoms with Gasteiger partial charge in [-0.2, -0.15) is 0 Å². The summed E-state index contributed by atoms with van der Waals surface area (Å²) in [6.07, 6.45) is 4.70. The molecule has 2 fully saturated rings. The molecule has 3 atom stereocenters. The largest absolute Gasteiger partial charge is 0.396 e. The summed E-state index contributed by atoms with van der Waals surface area (Å²) in [4.78, 5) is 26.2. The topological polar surface area (TPSA) is 119 Å². The first-order valence-corrected chi connectivity index (χ1v) is 13.6. The van der Waals surface area contributed by atoms with Crippen molar-refractivity contribution in [2.24, 2.45) is 11.1 Å². The number of ether oxygens (including phenoxy) is 1. The van der Waals surface area contributed by atoms with Gasteiger partial charge in [-0.3, -0.25) is 4.79 Å². The van der Waals surface area contributed by atoms with Crippen molar-refractivity contribution in [1.29, 1.82) is 0 Å². The average molecular weight is 499 g/mol. The number of anilines is 2. The normalized spacial score (nSPS) is 26.8. The molecule has 1 spiro atoms. The Balaban J connectivity index is 1.13. The summed E-state index contributed by atoms with van der Waals surface area (Å²) in [6, 6.07) is 4.47. The fourth-order valence-electron chi connectivity index (χ4n) is 5.68. The molecule has 2 aliphatic heterocycles. The molecule has 180 valence electrons. The zero-order valence-corrected chi connectivity index (χ0v) is 20.9. The minimum atomic E-state index is -0.102. The number of pyridine rings is 1. The van der Waals surface area contributed by atoms with E-state index in [4.69, 9.17) is 21.2 Å². The first-order chi connectivity index (χ1) is 16.4. The molecule has 1 aliphatic carbocycles. The monoisotopic (exact) mass is 498 g/mol. The molecule has 0 bridgehead atoms. The Hall–Kier alpha value is -2.27. The van der Waals surface area contributed by atoms with Crippen LogP contribution < -0.4 is 21.7 Å². The quantitative estimate of drug-likeness (QED) is 0.508. The molecule has 2 saturated heterocycles. The molecule has 0 aromatic carbocycles. The average Bonchev–Trinajstić information content (AvgIpc) is 3.45. The van der Waals surface area contributed by atoms with E-state index in [1.54, 1.807) is 0 Å². The number of aryl methyl sites for hydroxylation is 2. The fraction of sp³-hybridized carbons (Fsp3) is 0.542. The lowest BCUT2D eigenvalue weighted by Gasteiger charge is -2.36. The molecule has 3 aromatic rings. The molecule has 34 heavy (non-hydrogen) atoms. The van der Waals surface area contributed by atoms with Crippen molar-refractivity contribution >= 4 is 49.6 Å². The van der Waals surface area contributed by atoms with Crippen LogP contribution in [0.1, 0.15) is 45.2 Å². The van der Waals surface area contributed by atoms with E-state index in [1.807, 2.05) is 6.92 Å². The van der Waals surface area contributed by atoms with E-state index >= 15 is 0 Å². The number of hydrogen-bond acceptors (Lipinski definition) is 9. The molecule has 3 unspecified atom stereocenters. The van der Waals surface area contributed by atoms with E-state index in [2.05, 4.69) is 27.3 Å². The van der Waals surface area contributed by atoms with Crippen LogP contribution in [0.25, 0.3) is 9.53 Å². The van der Waals surface area contributed by atoms with Gasteiger partial charge in [0.2, 0.25) is 0 Å². The van der Waals surface area contributed by atoms with Gasteiger partial charge >= 0.3 is 0 Å². The zero-order valence-electron chi connectivity index (χ0n) is 19.3. The summed E-state index contributed by atoms with van der Waals surface area (Å²) in [5, 5.41) is 4.16. The molecule has 3 aliphatic rings. The maximum atomic E-state index is 13.0. The highest BCUT2D eigenvalue weighted by Gasteiger charge is 2.46. The smallest absolute Gasteiger partial charge is 0.263 e. The fourth-order valence-corrected chi connectivity index (χ4v) is 7.77. The van der Waals surface area contributed by atoms with Gasteiger partial charge in [0.05, 0.1) is 22.0 Å². The Morgan fingerprint density at radius 3 is 3.00 bits per heavy atom. The first-order valence-electron chi connectivity index (χ1n) is 12.0. The second-order valence-corrected chi connectivity index (χ2v) is 12.1. The molecular formula is C24H30N6O2S2. The molecular weight excluding hydrogens is 468 g/mol. The third-order valence-corrected chi connectivity index (χ3v) is 9.80. The number of thiazole rings is 1. The Morgan fingerprint density at radius 1 is 1.32 bits per heavy atom. The van der Waals surface area contributed by atoms with Gasteiger partial charge in [-0.05, 0) is 50.7 Å². The Bertz CT molecular complexity index is 1250. The number of fused-ring (bicyclic) bond motifs is 2. The van der Waals surface area contributed by atoms with Crippen molar-refractivity contribution in [3.8, 4) is 0 Å². The second-order valence-electron chi connectivity index (χ2n) is 9.91. The number of carbonyl (C=O) groups is 1. The molecule has 0 saturated carbocycles. The lowest BCUT2D eigenvalue weighted by molar-refractivity contribution is -0.00345. The predicted octanol–water partition coefficient (Wildman–Crippen LogP) is 2.87. The minimum Gasteiger partial charge on any atom is -0.396 e. The SMILES string of the molecule is Cc1nc2sc(C(=O)NC3CCc4nc(N5CC(N)C6(CCCOC6)C5)ccc4C3)c(N)c2s1. The number of rotatable bonds is 3. The zero-order chi connectivity index (χ0) is 23.4. The van der Waals surface area contributed by atoms with E-state index in [9.17, 15) is 4.79 Å². The van der Waals surface area contributed by atoms with Gasteiger partial charge < -0.3 is 26.4 Å². The summed E-state index contributed by atoms with van der Waals surface area (Å²) in [5.74, 6) is 0.905. The van der Waals surface area contributed by atoms with E-state index in [0.717, 1.165) is 84.5 Å². The van der Waals surface area contributed by atoms with Crippen LogP contribution in [0, 0.1) is 12.3 Å². The number of aromatic nitrogens is 2. The van der Waals surface area contributed by atoms with Gasteiger partial charge in [0, 0.05) is 42.9 Å². The Labute approximate surface area is 206 Å². The molecule has 5 heterocycles. The van der Waals surface area contributed by atoms with Crippen molar-refractivity contribution in [3.63, 3.8) is 0 Å². The number of nitrogen functional groups attached to an aromatic ring is 1. The van der Waals surface area contributed by atoms with E-state index < -0.39 is 0 Å². The Kier molecular flexibility index (Phi) is 5.51. The summed E-state index contributed by atoms with van der Waals surface area (Å²) in [7, 11) is 0. The van der Waals surface area contributed by atoms with E-state index in [0.29, 0.717) is 10.6 Å². The number of nitrogens with two attached hydrogens (primary N) is 2. The van der Waals surface area contributed by atoms with E-state index in [1.165, 1.54) is 28.2 Å².